The van der Waals surface area contributed by atoms with E-state index < -0.39 is 0 Å². The zero-order chi connectivity index (χ0) is 12.4. The lowest BCUT2D eigenvalue weighted by molar-refractivity contribution is 0.199. The minimum Gasteiger partial charge on any atom is -0.384 e. The van der Waals surface area contributed by atoms with Crippen LogP contribution in [-0.4, -0.2) is 31.1 Å². The molecule has 1 heterocycles. The van der Waals surface area contributed by atoms with Crippen LogP contribution in [0.15, 0.2) is 24.3 Å². The van der Waals surface area contributed by atoms with E-state index in [-0.39, 0.29) is 0 Å². The lowest BCUT2D eigenvalue weighted by Gasteiger charge is -2.30. The van der Waals surface area contributed by atoms with Gasteiger partial charge in [0.05, 0.1) is 0 Å². The molecule has 1 aliphatic rings. The summed E-state index contributed by atoms with van der Waals surface area (Å²) in [6.07, 6.45) is 0. The number of rotatable bonds is 4. The quantitative estimate of drug-likeness (QED) is 0.857. The van der Waals surface area contributed by atoms with Crippen molar-refractivity contribution in [3.8, 4) is 0 Å². The highest BCUT2D eigenvalue weighted by Crippen LogP contribution is 2.31. The molecule has 17 heavy (non-hydrogen) atoms. The number of hydrogen-bond donors (Lipinski definition) is 1. The van der Waals surface area contributed by atoms with Gasteiger partial charge in [-0.25, -0.2) is 0 Å². The van der Waals surface area contributed by atoms with E-state index in [2.05, 4.69) is 62.3 Å². The fraction of sp³-hybridized carbons (Fsp3) is 0.600. The summed E-state index contributed by atoms with van der Waals surface area (Å²) in [4.78, 5) is 2.49. The van der Waals surface area contributed by atoms with Gasteiger partial charge in [0.1, 0.15) is 0 Å². The van der Waals surface area contributed by atoms with Crippen LogP contribution in [0.4, 0.5) is 5.69 Å². The van der Waals surface area contributed by atoms with Crippen LogP contribution in [0, 0.1) is 5.92 Å². The lowest BCUT2D eigenvalue weighted by atomic mass is 9.98. The number of nitrogens with zero attached hydrogens (tertiary/aromatic N) is 1. The van der Waals surface area contributed by atoms with Crippen LogP contribution in [-0.2, 0) is 0 Å². The van der Waals surface area contributed by atoms with Crippen molar-refractivity contribution in [1.29, 1.82) is 0 Å². The Bertz CT molecular complexity index is 373. The van der Waals surface area contributed by atoms with Gasteiger partial charge in [-0.15, -0.1) is 0 Å². The second kappa shape index (κ2) is 5.09. The molecule has 0 saturated carbocycles. The van der Waals surface area contributed by atoms with E-state index in [1.165, 1.54) is 11.3 Å². The highest BCUT2D eigenvalue weighted by molar-refractivity contribution is 5.57. The molecule has 1 aromatic rings. The van der Waals surface area contributed by atoms with Crippen LogP contribution in [0.1, 0.15) is 32.3 Å². The van der Waals surface area contributed by atoms with Gasteiger partial charge in [0.25, 0.3) is 0 Å². The predicted molar refractivity (Wildman–Crippen MR) is 74.6 cm³/mol. The van der Waals surface area contributed by atoms with Crippen molar-refractivity contribution >= 4 is 5.69 Å². The van der Waals surface area contributed by atoms with Crippen molar-refractivity contribution in [3.05, 3.63) is 29.8 Å². The third kappa shape index (κ3) is 2.63. The Morgan fingerprint density at radius 3 is 2.71 bits per heavy atom. The molecule has 0 fully saturated rings. The molecule has 0 amide bonds. The van der Waals surface area contributed by atoms with Gasteiger partial charge in [-0.1, -0.05) is 32.0 Å². The maximum Gasteiger partial charge on any atom is 0.0376 e. The summed E-state index contributed by atoms with van der Waals surface area (Å²) in [6.45, 7) is 9.13. The summed E-state index contributed by atoms with van der Waals surface area (Å²) < 4.78 is 0. The van der Waals surface area contributed by atoms with Gasteiger partial charge in [0, 0.05) is 30.7 Å². The van der Waals surface area contributed by atoms with Crippen molar-refractivity contribution in [2.24, 2.45) is 5.92 Å². The largest absolute Gasteiger partial charge is 0.384 e. The number of benzene rings is 1. The maximum atomic E-state index is 3.50. The average molecular weight is 232 g/mol. The predicted octanol–water partition coefficient (Wildman–Crippen LogP) is 3.17. The number of nitrogens with one attached hydrogen (secondary N) is 1. The molecule has 1 aromatic carbocycles. The first-order valence-electron chi connectivity index (χ1n) is 6.62. The molecule has 0 saturated heterocycles. The first-order valence-corrected chi connectivity index (χ1v) is 6.62. The molecular formula is C15H24N2. The van der Waals surface area contributed by atoms with E-state index >= 15 is 0 Å². The molecule has 1 aliphatic heterocycles. The molecule has 0 bridgehead atoms. The Morgan fingerprint density at radius 1 is 1.29 bits per heavy atom. The first kappa shape index (κ1) is 12.4. The number of anilines is 1. The van der Waals surface area contributed by atoms with Crippen molar-refractivity contribution < 1.29 is 0 Å². The second-order valence-electron chi connectivity index (χ2n) is 5.59. The van der Waals surface area contributed by atoms with Gasteiger partial charge >= 0.3 is 0 Å². The molecule has 1 N–H and O–H groups in total. The summed E-state index contributed by atoms with van der Waals surface area (Å²) in [7, 11) is 2.24. The number of fused-ring (bicyclic) bond motifs is 1. The average Bonchev–Trinajstić information content (AvgIpc) is 2.71. The molecule has 94 valence electrons. The Balaban J connectivity index is 2.02. The summed E-state index contributed by atoms with van der Waals surface area (Å²) in [5.74, 6) is 1.35. The van der Waals surface area contributed by atoms with Gasteiger partial charge in [-0.2, -0.15) is 0 Å². The summed E-state index contributed by atoms with van der Waals surface area (Å²) in [6, 6.07) is 9.33. The third-order valence-electron chi connectivity index (χ3n) is 4.11. The van der Waals surface area contributed by atoms with Gasteiger partial charge in [-0.05, 0) is 31.5 Å². The fourth-order valence-corrected chi connectivity index (χ4v) is 2.54. The highest BCUT2D eigenvalue weighted by atomic mass is 15.1. The molecule has 0 aliphatic carbocycles. The van der Waals surface area contributed by atoms with E-state index in [1.54, 1.807) is 0 Å². The molecular weight excluding hydrogens is 208 g/mol. The van der Waals surface area contributed by atoms with Gasteiger partial charge < -0.3 is 10.2 Å². The monoisotopic (exact) mass is 232 g/mol. The van der Waals surface area contributed by atoms with E-state index in [4.69, 9.17) is 0 Å². The fourth-order valence-electron chi connectivity index (χ4n) is 2.54. The van der Waals surface area contributed by atoms with E-state index in [1.807, 2.05) is 0 Å². The van der Waals surface area contributed by atoms with E-state index in [9.17, 15) is 0 Å². The smallest absolute Gasteiger partial charge is 0.0376 e. The van der Waals surface area contributed by atoms with Crippen molar-refractivity contribution in [2.75, 3.05) is 25.5 Å². The summed E-state index contributed by atoms with van der Waals surface area (Å²) in [5, 5.41) is 3.50. The molecule has 2 atom stereocenters. The maximum absolute atomic E-state index is 3.50. The first-order chi connectivity index (χ1) is 8.09. The number of hydrogen-bond acceptors (Lipinski definition) is 2. The van der Waals surface area contributed by atoms with Crippen molar-refractivity contribution in [1.82, 2.24) is 4.90 Å². The zero-order valence-electron chi connectivity index (χ0n) is 11.4. The van der Waals surface area contributed by atoms with Gasteiger partial charge in [0.2, 0.25) is 0 Å². The van der Waals surface area contributed by atoms with Gasteiger partial charge in [-0.3, -0.25) is 0 Å². The Morgan fingerprint density at radius 2 is 2.00 bits per heavy atom. The standard InChI is InChI=1S/C15H24N2/c1-11(2)12(3)17(4)10-13-9-16-15-8-6-5-7-14(13)15/h5-8,11-13,16H,9-10H2,1-4H3. The minimum absolute atomic E-state index is 0.636. The molecule has 2 nitrogen and oxygen atoms in total. The van der Waals surface area contributed by atoms with Crippen LogP contribution in [0.2, 0.25) is 0 Å². The highest BCUT2D eigenvalue weighted by Gasteiger charge is 2.24. The van der Waals surface area contributed by atoms with Crippen molar-refractivity contribution in [2.45, 2.75) is 32.7 Å². The van der Waals surface area contributed by atoms with E-state index in [0.717, 1.165) is 13.1 Å². The normalized spacial score (nSPS) is 20.5. The zero-order valence-corrected chi connectivity index (χ0v) is 11.4. The molecule has 2 rings (SSSR count). The molecule has 2 heteroatoms. The molecule has 2 unspecified atom stereocenters. The van der Waals surface area contributed by atoms with Crippen molar-refractivity contribution in [3.63, 3.8) is 0 Å². The van der Waals surface area contributed by atoms with Crippen LogP contribution < -0.4 is 5.32 Å². The second-order valence-corrected chi connectivity index (χ2v) is 5.59. The van der Waals surface area contributed by atoms with E-state index in [0.29, 0.717) is 17.9 Å². The number of likely N-dealkylation sites (N-methyl/N-ethyl adjacent to an activating group) is 1. The van der Waals surface area contributed by atoms with Crippen LogP contribution in [0.5, 0.6) is 0 Å². The molecule has 0 radical (unpaired) electrons. The summed E-state index contributed by atoms with van der Waals surface area (Å²) >= 11 is 0. The lowest BCUT2D eigenvalue weighted by Crippen LogP contribution is -2.36. The Hall–Kier alpha value is -1.02. The minimum atomic E-state index is 0.636. The summed E-state index contributed by atoms with van der Waals surface area (Å²) in [5.41, 5.74) is 2.80. The van der Waals surface area contributed by atoms with Gasteiger partial charge in [0.15, 0.2) is 0 Å². The van der Waals surface area contributed by atoms with Crippen LogP contribution in [0.25, 0.3) is 0 Å². The third-order valence-corrected chi connectivity index (χ3v) is 4.11. The van der Waals surface area contributed by atoms with Crippen LogP contribution in [0.3, 0.4) is 0 Å². The molecule has 0 spiro atoms. The topological polar surface area (TPSA) is 15.3 Å². The molecule has 0 aromatic heterocycles. The van der Waals surface area contributed by atoms with Crippen LogP contribution >= 0.6 is 0 Å². The SMILES string of the molecule is CC(C)C(C)N(C)CC1CNc2ccccc21. The Labute approximate surface area is 105 Å². The number of para-hydroxylation sites is 1. The Kier molecular flexibility index (Phi) is 3.72.